The maximum atomic E-state index is 12.3. The zero-order valence-corrected chi connectivity index (χ0v) is 16.0. The zero-order valence-electron chi connectivity index (χ0n) is 15.2. The quantitative estimate of drug-likeness (QED) is 0.765. The molecule has 0 aliphatic heterocycles. The third-order valence-corrected chi connectivity index (χ3v) is 4.23. The molecule has 2 atom stereocenters. The van der Waals surface area contributed by atoms with Gasteiger partial charge in [-0.2, -0.15) is 0 Å². The molecule has 26 heavy (non-hydrogen) atoms. The number of aryl methyl sites for hydroxylation is 1. The van der Waals surface area contributed by atoms with Crippen molar-refractivity contribution in [2.45, 2.75) is 39.9 Å². The topological polar surface area (TPSA) is 64.6 Å². The van der Waals surface area contributed by atoms with Gasteiger partial charge in [0.15, 0.2) is 12.2 Å². The fourth-order valence-electron chi connectivity index (χ4n) is 2.24. The molecule has 0 saturated heterocycles. The SMILES string of the molecule is Cc1cccc(O[C@H](C)C(=O)O[C@H](C)C(=O)Nc2cccc(Cl)c2C)c1. The predicted molar refractivity (Wildman–Crippen MR) is 102 cm³/mol. The van der Waals surface area contributed by atoms with Gasteiger partial charge in [-0.3, -0.25) is 4.79 Å². The summed E-state index contributed by atoms with van der Waals surface area (Å²) in [5.41, 5.74) is 2.35. The molecule has 5 nitrogen and oxygen atoms in total. The second kappa shape index (κ2) is 8.72. The lowest BCUT2D eigenvalue weighted by Gasteiger charge is -2.18. The Hall–Kier alpha value is -2.53. The number of esters is 1. The molecular weight excluding hydrogens is 354 g/mol. The number of halogens is 1. The maximum absolute atomic E-state index is 12.3. The fourth-order valence-corrected chi connectivity index (χ4v) is 2.42. The van der Waals surface area contributed by atoms with Crippen LogP contribution in [0.1, 0.15) is 25.0 Å². The van der Waals surface area contributed by atoms with E-state index in [0.29, 0.717) is 16.5 Å². The molecule has 0 heterocycles. The average Bonchev–Trinajstić information content (AvgIpc) is 2.58. The molecule has 0 bridgehead atoms. The van der Waals surface area contributed by atoms with Gasteiger partial charge in [-0.15, -0.1) is 0 Å². The van der Waals surface area contributed by atoms with Crippen molar-refractivity contribution in [3.05, 3.63) is 58.6 Å². The normalized spacial score (nSPS) is 12.8. The third-order valence-electron chi connectivity index (χ3n) is 3.82. The number of amides is 1. The van der Waals surface area contributed by atoms with E-state index in [-0.39, 0.29) is 0 Å². The van der Waals surface area contributed by atoms with Gasteiger partial charge in [0, 0.05) is 10.7 Å². The minimum Gasteiger partial charge on any atom is -0.479 e. The summed E-state index contributed by atoms with van der Waals surface area (Å²) in [7, 11) is 0. The van der Waals surface area contributed by atoms with Crippen molar-refractivity contribution in [2.75, 3.05) is 5.32 Å². The molecule has 2 rings (SSSR count). The molecule has 0 spiro atoms. The second-order valence-electron chi connectivity index (χ2n) is 6.06. The second-order valence-corrected chi connectivity index (χ2v) is 6.46. The van der Waals surface area contributed by atoms with Crippen LogP contribution >= 0.6 is 11.6 Å². The van der Waals surface area contributed by atoms with Crippen LogP contribution in [0.4, 0.5) is 5.69 Å². The van der Waals surface area contributed by atoms with E-state index < -0.39 is 24.1 Å². The molecule has 2 aromatic rings. The highest BCUT2D eigenvalue weighted by Gasteiger charge is 2.23. The van der Waals surface area contributed by atoms with E-state index in [1.807, 2.05) is 25.1 Å². The number of nitrogens with one attached hydrogen (secondary N) is 1. The van der Waals surface area contributed by atoms with Crippen LogP contribution in [0, 0.1) is 13.8 Å². The van der Waals surface area contributed by atoms with Gasteiger partial charge in [-0.05, 0) is 63.1 Å². The number of hydrogen-bond donors (Lipinski definition) is 1. The van der Waals surface area contributed by atoms with Crippen molar-refractivity contribution >= 4 is 29.2 Å². The minimum absolute atomic E-state index is 0.438. The lowest BCUT2D eigenvalue weighted by atomic mass is 10.2. The van der Waals surface area contributed by atoms with E-state index in [1.54, 1.807) is 38.1 Å². The van der Waals surface area contributed by atoms with Crippen molar-refractivity contribution in [3.8, 4) is 5.75 Å². The third kappa shape index (κ3) is 5.23. The average molecular weight is 376 g/mol. The molecule has 6 heteroatoms. The minimum atomic E-state index is -0.968. The number of hydrogen-bond acceptors (Lipinski definition) is 4. The molecule has 0 fully saturated rings. The Bertz CT molecular complexity index is 806. The number of benzene rings is 2. The molecule has 0 unspecified atom stereocenters. The van der Waals surface area contributed by atoms with Crippen molar-refractivity contribution in [1.82, 2.24) is 0 Å². The molecule has 1 amide bonds. The van der Waals surface area contributed by atoms with Crippen LogP contribution in [0.5, 0.6) is 5.75 Å². The highest BCUT2D eigenvalue weighted by atomic mass is 35.5. The largest absolute Gasteiger partial charge is 0.479 e. The lowest BCUT2D eigenvalue weighted by Crippen LogP contribution is -2.35. The highest BCUT2D eigenvalue weighted by molar-refractivity contribution is 6.31. The van der Waals surface area contributed by atoms with Crippen LogP contribution in [0.2, 0.25) is 5.02 Å². The Labute approximate surface area is 158 Å². The number of ether oxygens (including phenoxy) is 2. The Morgan fingerprint density at radius 1 is 1.04 bits per heavy atom. The summed E-state index contributed by atoms with van der Waals surface area (Å²) in [4.78, 5) is 24.4. The number of carbonyl (C=O) groups is 2. The first kappa shape index (κ1) is 19.8. The molecular formula is C20H22ClNO4. The first-order chi connectivity index (χ1) is 12.3. The van der Waals surface area contributed by atoms with Crippen LogP contribution in [0.25, 0.3) is 0 Å². The van der Waals surface area contributed by atoms with E-state index in [0.717, 1.165) is 11.1 Å². The molecule has 1 N–H and O–H groups in total. The van der Waals surface area contributed by atoms with Gasteiger partial charge in [0.1, 0.15) is 5.75 Å². The van der Waals surface area contributed by atoms with E-state index in [1.165, 1.54) is 6.92 Å². The fraction of sp³-hybridized carbons (Fsp3) is 0.300. The number of anilines is 1. The predicted octanol–water partition coefficient (Wildman–Crippen LogP) is 4.29. The van der Waals surface area contributed by atoms with Gasteiger partial charge in [-0.25, -0.2) is 4.79 Å². The van der Waals surface area contributed by atoms with Crippen LogP contribution in [-0.4, -0.2) is 24.1 Å². The van der Waals surface area contributed by atoms with Crippen LogP contribution < -0.4 is 10.1 Å². The summed E-state index contributed by atoms with van der Waals surface area (Å²) in [6, 6.07) is 12.6. The molecule has 0 aromatic heterocycles. The first-order valence-corrected chi connectivity index (χ1v) is 8.65. The smallest absolute Gasteiger partial charge is 0.347 e. The van der Waals surface area contributed by atoms with Gasteiger partial charge in [0.05, 0.1) is 0 Å². The van der Waals surface area contributed by atoms with Crippen molar-refractivity contribution < 1.29 is 19.1 Å². The maximum Gasteiger partial charge on any atom is 0.347 e. The van der Waals surface area contributed by atoms with Crippen molar-refractivity contribution in [3.63, 3.8) is 0 Å². The molecule has 2 aromatic carbocycles. The highest BCUT2D eigenvalue weighted by Crippen LogP contribution is 2.23. The van der Waals surface area contributed by atoms with Crippen molar-refractivity contribution in [1.29, 1.82) is 0 Å². The van der Waals surface area contributed by atoms with Crippen LogP contribution in [0.3, 0.4) is 0 Å². The van der Waals surface area contributed by atoms with Gasteiger partial charge >= 0.3 is 5.97 Å². The summed E-state index contributed by atoms with van der Waals surface area (Å²) < 4.78 is 10.8. The molecule has 0 aliphatic rings. The van der Waals surface area contributed by atoms with E-state index in [9.17, 15) is 9.59 Å². The summed E-state index contributed by atoms with van der Waals surface area (Å²) >= 11 is 6.04. The van der Waals surface area contributed by atoms with Crippen LogP contribution in [0.15, 0.2) is 42.5 Å². The number of carbonyl (C=O) groups excluding carboxylic acids is 2. The monoisotopic (exact) mass is 375 g/mol. The summed E-state index contributed by atoms with van der Waals surface area (Å²) in [5.74, 6) is -0.482. The first-order valence-electron chi connectivity index (χ1n) is 8.27. The van der Waals surface area contributed by atoms with E-state index in [4.69, 9.17) is 21.1 Å². The lowest BCUT2D eigenvalue weighted by molar-refractivity contribution is -0.159. The number of rotatable bonds is 6. The summed E-state index contributed by atoms with van der Waals surface area (Å²) in [6.45, 7) is 6.81. The molecule has 0 radical (unpaired) electrons. The molecule has 138 valence electrons. The van der Waals surface area contributed by atoms with Gasteiger partial charge in [0.2, 0.25) is 0 Å². The van der Waals surface area contributed by atoms with Gasteiger partial charge in [0.25, 0.3) is 5.91 Å². The van der Waals surface area contributed by atoms with Gasteiger partial charge in [-0.1, -0.05) is 29.8 Å². The Kier molecular flexibility index (Phi) is 6.64. The van der Waals surface area contributed by atoms with Crippen molar-refractivity contribution in [2.24, 2.45) is 0 Å². The Balaban J connectivity index is 1.93. The molecule has 0 aliphatic carbocycles. The summed E-state index contributed by atoms with van der Waals surface area (Å²) in [6.07, 6.45) is -1.80. The van der Waals surface area contributed by atoms with E-state index >= 15 is 0 Å². The zero-order chi connectivity index (χ0) is 19.3. The molecule has 0 saturated carbocycles. The standard InChI is InChI=1S/C20H22ClNO4/c1-12-7-5-8-16(11-12)25-15(4)20(24)26-14(3)19(23)22-18-10-6-9-17(21)13(18)2/h5-11,14-15H,1-4H3,(H,22,23)/t14-,15-/m1/s1. The Morgan fingerprint density at radius 3 is 2.42 bits per heavy atom. The van der Waals surface area contributed by atoms with E-state index in [2.05, 4.69) is 5.32 Å². The summed E-state index contributed by atoms with van der Waals surface area (Å²) in [5, 5.41) is 3.26. The van der Waals surface area contributed by atoms with Gasteiger partial charge < -0.3 is 14.8 Å². The van der Waals surface area contributed by atoms with Crippen LogP contribution in [-0.2, 0) is 14.3 Å². The Morgan fingerprint density at radius 2 is 1.73 bits per heavy atom.